The zero-order chi connectivity index (χ0) is 25.2. The quantitative estimate of drug-likeness (QED) is 0.416. The summed E-state index contributed by atoms with van der Waals surface area (Å²) < 4.78 is 31.7. The van der Waals surface area contributed by atoms with Crippen molar-refractivity contribution in [1.82, 2.24) is 10.2 Å². The molecule has 0 aliphatic carbocycles. The van der Waals surface area contributed by atoms with Crippen molar-refractivity contribution < 1.29 is 12.8 Å². The van der Waals surface area contributed by atoms with Crippen molar-refractivity contribution in [3.8, 4) is 28.7 Å². The molecule has 178 valence electrons. The first-order valence-electron chi connectivity index (χ1n) is 10.8. The Kier molecular flexibility index (Phi) is 6.43. The Bertz CT molecular complexity index is 1510. The van der Waals surface area contributed by atoms with Gasteiger partial charge in [-0.15, -0.1) is 10.2 Å². The molecule has 0 bridgehead atoms. The molecule has 4 rings (SSSR count). The summed E-state index contributed by atoms with van der Waals surface area (Å²) in [6.45, 7) is 1.82. The molecular formula is C26H25N5O3S. The lowest BCUT2D eigenvalue weighted by Gasteiger charge is -2.20. The van der Waals surface area contributed by atoms with Crippen LogP contribution in [0, 0.1) is 11.3 Å². The van der Waals surface area contributed by atoms with Crippen molar-refractivity contribution >= 4 is 15.7 Å². The topological polar surface area (TPSA) is 126 Å². The number of aromatic nitrogens is 2. The first kappa shape index (κ1) is 24.1. The first-order valence-corrected chi connectivity index (χ1v) is 12.7. The maximum atomic E-state index is 12.3. The molecule has 35 heavy (non-hydrogen) atoms. The average Bonchev–Trinajstić information content (AvgIpc) is 3.35. The predicted octanol–water partition coefficient (Wildman–Crippen LogP) is 4.09. The number of benzene rings is 3. The Morgan fingerprint density at radius 3 is 2.37 bits per heavy atom. The summed E-state index contributed by atoms with van der Waals surface area (Å²) in [4.78, 5) is 0. The van der Waals surface area contributed by atoms with E-state index in [4.69, 9.17) is 10.2 Å². The van der Waals surface area contributed by atoms with Gasteiger partial charge in [0.05, 0.1) is 29.1 Å². The number of anilines is 1. The molecular weight excluding hydrogens is 462 g/mol. The molecule has 8 nitrogen and oxygen atoms in total. The van der Waals surface area contributed by atoms with Crippen molar-refractivity contribution in [2.24, 2.45) is 5.73 Å². The van der Waals surface area contributed by atoms with E-state index in [-0.39, 0.29) is 11.8 Å². The molecule has 1 aromatic heterocycles. The second-order valence-corrected chi connectivity index (χ2v) is 10.7. The number of hydrogen-bond acceptors (Lipinski definition) is 7. The van der Waals surface area contributed by atoms with Crippen LogP contribution in [0.25, 0.3) is 22.6 Å². The van der Waals surface area contributed by atoms with E-state index in [1.807, 2.05) is 43.3 Å². The summed E-state index contributed by atoms with van der Waals surface area (Å²) in [5.41, 5.74) is 9.32. The number of rotatable bonds is 7. The minimum atomic E-state index is -3.54. The summed E-state index contributed by atoms with van der Waals surface area (Å²) in [5.74, 6) is 0.460. The van der Waals surface area contributed by atoms with Crippen LogP contribution in [0.15, 0.2) is 77.2 Å². The summed E-state index contributed by atoms with van der Waals surface area (Å²) in [7, 11) is -2.08. The van der Waals surface area contributed by atoms with Crippen LogP contribution < -0.4 is 10.0 Å². The molecule has 0 aliphatic rings. The Morgan fingerprint density at radius 1 is 1.03 bits per heavy atom. The standard InChI is InChI=1S/C26H25N5O3S/c1-26(28,16-18-9-5-4-6-10-18)25-30-29-24(34-25)21-13-20(23-12-8-7-11-19(23)17-27)14-22(15-21)31(2)35(3,32)33/h4-15H,16,28H2,1-3H3/t26-/m1/s1. The van der Waals surface area contributed by atoms with Gasteiger partial charge in [-0.05, 0) is 54.3 Å². The Labute approximate surface area is 204 Å². The van der Waals surface area contributed by atoms with Crippen LogP contribution in [0.1, 0.15) is 23.9 Å². The van der Waals surface area contributed by atoms with Gasteiger partial charge in [0.25, 0.3) is 0 Å². The fourth-order valence-corrected chi connectivity index (χ4v) is 4.25. The number of hydrogen-bond donors (Lipinski definition) is 1. The van der Waals surface area contributed by atoms with Gasteiger partial charge in [-0.1, -0.05) is 48.5 Å². The third kappa shape index (κ3) is 5.24. The number of sulfonamides is 1. The van der Waals surface area contributed by atoms with Crippen molar-refractivity contribution in [1.29, 1.82) is 5.26 Å². The van der Waals surface area contributed by atoms with Gasteiger partial charge in [0, 0.05) is 12.6 Å². The number of nitrogens with zero attached hydrogens (tertiary/aromatic N) is 4. The largest absolute Gasteiger partial charge is 0.419 e. The minimum Gasteiger partial charge on any atom is -0.419 e. The van der Waals surface area contributed by atoms with Crippen molar-refractivity contribution in [3.05, 3.63) is 89.8 Å². The summed E-state index contributed by atoms with van der Waals surface area (Å²) in [5, 5.41) is 18.0. The third-order valence-electron chi connectivity index (χ3n) is 5.71. The highest BCUT2D eigenvalue weighted by molar-refractivity contribution is 7.92. The van der Waals surface area contributed by atoms with E-state index >= 15 is 0 Å². The van der Waals surface area contributed by atoms with Crippen molar-refractivity contribution in [3.63, 3.8) is 0 Å². The fraction of sp³-hybridized carbons (Fsp3) is 0.192. The van der Waals surface area contributed by atoms with Gasteiger partial charge < -0.3 is 10.2 Å². The van der Waals surface area contributed by atoms with Crippen LogP contribution in [0.4, 0.5) is 5.69 Å². The van der Waals surface area contributed by atoms with Gasteiger partial charge in [-0.3, -0.25) is 4.31 Å². The van der Waals surface area contributed by atoms with Crippen LogP contribution in [0.5, 0.6) is 0 Å². The second kappa shape index (κ2) is 9.33. The zero-order valence-electron chi connectivity index (χ0n) is 19.6. The van der Waals surface area contributed by atoms with E-state index in [1.54, 1.807) is 36.4 Å². The summed E-state index contributed by atoms with van der Waals surface area (Å²) in [6.07, 6.45) is 1.62. The van der Waals surface area contributed by atoms with E-state index in [0.717, 1.165) is 16.1 Å². The normalized spacial score (nSPS) is 13.1. The molecule has 9 heteroatoms. The molecule has 0 spiro atoms. The molecule has 1 heterocycles. The average molecular weight is 488 g/mol. The zero-order valence-corrected chi connectivity index (χ0v) is 20.5. The molecule has 0 aliphatic heterocycles. The van der Waals surface area contributed by atoms with Gasteiger partial charge in [0.1, 0.15) is 0 Å². The lowest BCUT2D eigenvalue weighted by atomic mass is 9.94. The number of nitrogens with two attached hydrogens (primary N) is 1. The molecule has 0 fully saturated rings. The smallest absolute Gasteiger partial charge is 0.247 e. The van der Waals surface area contributed by atoms with Gasteiger partial charge in [0.2, 0.25) is 21.8 Å². The Hall–Kier alpha value is -4.00. The molecule has 0 saturated carbocycles. The van der Waals surface area contributed by atoms with E-state index in [2.05, 4.69) is 16.3 Å². The van der Waals surface area contributed by atoms with Crippen LogP contribution in [0.3, 0.4) is 0 Å². The Morgan fingerprint density at radius 2 is 1.69 bits per heavy atom. The molecule has 2 N–H and O–H groups in total. The van der Waals surface area contributed by atoms with E-state index in [9.17, 15) is 13.7 Å². The molecule has 4 aromatic rings. The third-order valence-corrected chi connectivity index (χ3v) is 6.92. The lowest BCUT2D eigenvalue weighted by molar-refractivity contribution is 0.355. The van der Waals surface area contributed by atoms with Gasteiger partial charge in [-0.25, -0.2) is 8.42 Å². The van der Waals surface area contributed by atoms with Crippen LogP contribution >= 0.6 is 0 Å². The first-order chi connectivity index (χ1) is 16.6. The number of nitriles is 1. The molecule has 3 aromatic carbocycles. The highest BCUT2D eigenvalue weighted by atomic mass is 32.2. The van der Waals surface area contributed by atoms with Gasteiger partial charge in [0.15, 0.2) is 0 Å². The molecule has 1 atom stereocenters. The second-order valence-electron chi connectivity index (χ2n) is 8.65. The molecule has 0 unspecified atom stereocenters. The highest BCUT2D eigenvalue weighted by Gasteiger charge is 2.29. The predicted molar refractivity (Wildman–Crippen MR) is 135 cm³/mol. The Balaban J connectivity index is 1.80. The maximum absolute atomic E-state index is 12.3. The summed E-state index contributed by atoms with van der Waals surface area (Å²) in [6, 6.07) is 24.2. The molecule has 0 amide bonds. The van der Waals surface area contributed by atoms with E-state index < -0.39 is 15.6 Å². The van der Waals surface area contributed by atoms with Crippen molar-refractivity contribution in [2.75, 3.05) is 17.6 Å². The van der Waals surface area contributed by atoms with Gasteiger partial charge in [-0.2, -0.15) is 5.26 Å². The van der Waals surface area contributed by atoms with Crippen molar-refractivity contribution in [2.45, 2.75) is 18.9 Å². The van der Waals surface area contributed by atoms with E-state index in [1.165, 1.54) is 7.05 Å². The minimum absolute atomic E-state index is 0.198. The maximum Gasteiger partial charge on any atom is 0.247 e. The monoisotopic (exact) mass is 487 g/mol. The summed E-state index contributed by atoms with van der Waals surface area (Å²) >= 11 is 0. The fourth-order valence-electron chi connectivity index (χ4n) is 3.76. The van der Waals surface area contributed by atoms with Crippen LogP contribution in [-0.4, -0.2) is 31.9 Å². The lowest BCUT2D eigenvalue weighted by Crippen LogP contribution is -2.35. The SMILES string of the molecule is CN(c1cc(-c2nnc([C@](C)(N)Cc3ccccc3)o2)cc(-c2ccccc2C#N)c1)S(C)(=O)=O. The van der Waals surface area contributed by atoms with Crippen LogP contribution in [-0.2, 0) is 22.0 Å². The van der Waals surface area contributed by atoms with Crippen LogP contribution in [0.2, 0.25) is 0 Å². The molecule has 0 radical (unpaired) electrons. The molecule has 0 saturated heterocycles. The van der Waals surface area contributed by atoms with E-state index in [0.29, 0.717) is 34.4 Å². The highest BCUT2D eigenvalue weighted by Crippen LogP contribution is 2.34. The van der Waals surface area contributed by atoms with Gasteiger partial charge >= 0.3 is 0 Å².